The summed E-state index contributed by atoms with van der Waals surface area (Å²) >= 11 is 0. The van der Waals surface area contributed by atoms with E-state index >= 15 is 0 Å². The molecule has 0 unspecified atom stereocenters. The van der Waals surface area contributed by atoms with E-state index in [1.807, 2.05) is 13.1 Å². The molecule has 3 N–H and O–H groups in total. The molecular formula is C11H17NO2. The summed E-state index contributed by atoms with van der Waals surface area (Å²) in [5.74, 6) is -0.138. The van der Waals surface area contributed by atoms with E-state index in [-0.39, 0.29) is 16.9 Å². The number of hydrogen-bond donors (Lipinski definition) is 3. The quantitative estimate of drug-likeness (QED) is 0.642. The van der Waals surface area contributed by atoms with Gasteiger partial charge in [-0.3, -0.25) is 0 Å². The lowest BCUT2D eigenvalue weighted by atomic mass is 9.84. The van der Waals surface area contributed by atoms with Gasteiger partial charge in [-0.15, -0.1) is 0 Å². The Hall–Kier alpha value is -1.22. The number of benzene rings is 1. The molecule has 0 atom stereocenters. The van der Waals surface area contributed by atoms with E-state index < -0.39 is 0 Å². The average Bonchev–Trinajstić information content (AvgIpc) is 2.09. The summed E-state index contributed by atoms with van der Waals surface area (Å²) in [4.78, 5) is 0. The molecular weight excluding hydrogens is 178 g/mol. The summed E-state index contributed by atoms with van der Waals surface area (Å²) in [5, 5.41) is 21.6. The van der Waals surface area contributed by atoms with Crippen LogP contribution in [0.15, 0.2) is 18.2 Å². The van der Waals surface area contributed by atoms with Crippen LogP contribution in [-0.2, 0) is 5.41 Å². The van der Waals surface area contributed by atoms with Gasteiger partial charge < -0.3 is 15.5 Å². The molecule has 0 bridgehead atoms. The van der Waals surface area contributed by atoms with Crippen molar-refractivity contribution in [3.8, 4) is 11.5 Å². The van der Waals surface area contributed by atoms with Crippen LogP contribution >= 0.6 is 0 Å². The highest BCUT2D eigenvalue weighted by Gasteiger charge is 2.20. The van der Waals surface area contributed by atoms with Crippen LogP contribution in [0.1, 0.15) is 19.4 Å². The lowest BCUT2D eigenvalue weighted by molar-refractivity contribution is 0.400. The van der Waals surface area contributed by atoms with E-state index in [0.29, 0.717) is 0 Å². The zero-order valence-corrected chi connectivity index (χ0v) is 8.83. The molecule has 0 fully saturated rings. The molecule has 78 valence electrons. The fourth-order valence-electron chi connectivity index (χ4n) is 1.49. The third-order valence-electron chi connectivity index (χ3n) is 2.38. The van der Waals surface area contributed by atoms with E-state index in [1.54, 1.807) is 6.07 Å². The van der Waals surface area contributed by atoms with Gasteiger partial charge in [-0.05, 0) is 24.7 Å². The van der Waals surface area contributed by atoms with E-state index in [2.05, 4.69) is 19.2 Å². The Morgan fingerprint density at radius 2 is 1.86 bits per heavy atom. The molecule has 14 heavy (non-hydrogen) atoms. The van der Waals surface area contributed by atoms with Crippen LogP contribution in [0.3, 0.4) is 0 Å². The minimum absolute atomic E-state index is 0.0556. The van der Waals surface area contributed by atoms with Crippen LogP contribution < -0.4 is 5.32 Å². The number of phenolic OH excluding ortho intramolecular Hbond substituents is 2. The fourth-order valence-corrected chi connectivity index (χ4v) is 1.49. The van der Waals surface area contributed by atoms with E-state index in [4.69, 9.17) is 0 Å². The van der Waals surface area contributed by atoms with Gasteiger partial charge in [-0.2, -0.15) is 0 Å². The average molecular weight is 195 g/mol. The second-order valence-corrected chi connectivity index (χ2v) is 4.12. The lowest BCUT2D eigenvalue weighted by Crippen LogP contribution is -2.30. The van der Waals surface area contributed by atoms with E-state index in [0.717, 1.165) is 12.1 Å². The highest BCUT2D eigenvalue weighted by Crippen LogP contribution is 2.31. The highest BCUT2D eigenvalue weighted by atomic mass is 16.3. The second-order valence-electron chi connectivity index (χ2n) is 4.12. The first-order chi connectivity index (χ1) is 6.47. The van der Waals surface area contributed by atoms with Crippen molar-refractivity contribution >= 4 is 0 Å². The summed E-state index contributed by atoms with van der Waals surface area (Å²) in [5.41, 5.74) is 0.946. The molecule has 0 saturated carbocycles. The van der Waals surface area contributed by atoms with Gasteiger partial charge in [0, 0.05) is 12.0 Å². The Morgan fingerprint density at radius 1 is 1.21 bits per heavy atom. The van der Waals surface area contributed by atoms with Crippen LogP contribution in [0.5, 0.6) is 11.5 Å². The van der Waals surface area contributed by atoms with Crippen LogP contribution in [0.25, 0.3) is 0 Å². The second kappa shape index (κ2) is 3.88. The molecule has 0 amide bonds. The zero-order chi connectivity index (χ0) is 10.8. The monoisotopic (exact) mass is 195 g/mol. The summed E-state index contributed by atoms with van der Waals surface area (Å²) in [7, 11) is 1.89. The predicted molar refractivity (Wildman–Crippen MR) is 56.7 cm³/mol. The summed E-state index contributed by atoms with van der Waals surface area (Å²) in [6, 6.07) is 4.95. The molecule has 0 aromatic heterocycles. The van der Waals surface area contributed by atoms with Crippen molar-refractivity contribution in [3.05, 3.63) is 23.8 Å². The number of likely N-dealkylation sites (N-methyl/N-ethyl adjacent to an activating group) is 1. The molecule has 0 aliphatic heterocycles. The third-order valence-corrected chi connectivity index (χ3v) is 2.38. The number of nitrogens with one attached hydrogen (secondary N) is 1. The van der Waals surface area contributed by atoms with Crippen LogP contribution in [0.4, 0.5) is 0 Å². The first kappa shape index (κ1) is 10.9. The van der Waals surface area contributed by atoms with E-state index in [9.17, 15) is 10.2 Å². The Balaban J connectivity index is 3.01. The van der Waals surface area contributed by atoms with Crippen molar-refractivity contribution < 1.29 is 10.2 Å². The topological polar surface area (TPSA) is 52.5 Å². The van der Waals surface area contributed by atoms with Gasteiger partial charge in [-0.1, -0.05) is 19.9 Å². The maximum atomic E-state index is 9.36. The SMILES string of the molecule is CNCC(C)(C)c1ccc(O)c(O)c1. The van der Waals surface area contributed by atoms with Gasteiger partial charge in [0.25, 0.3) is 0 Å². The standard InChI is InChI=1S/C11H17NO2/c1-11(2,7-12-3)8-4-5-9(13)10(14)6-8/h4-6,12-14H,7H2,1-3H3. The number of rotatable bonds is 3. The molecule has 0 aliphatic rings. The van der Waals surface area contributed by atoms with Crippen LogP contribution in [0, 0.1) is 0 Å². The molecule has 0 heterocycles. The third kappa shape index (κ3) is 2.17. The molecule has 3 heteroatoms. The lowest BCUT2D eigenvalue weighted by Gasteiger charge is -2.25. The van der Waals surface area contributed by atoms with Gasteiger partial charge >= 0.3 is 0 Å². The molecule has 0 radical (unpaired) electrons. The molecule has 1 aromatic carbocycles. The number of aromatic hydroxyl groups is 2. The molecule has 1 aromatic rings. The number of phenols is 2. The van der Waals surface area contributed by atoms with Crippen molar-refractivity contribution in [2.24, 2.45) is 0 Å². The predicted octanol–water partition coefficient (Wildman–Crippen LogP) is 1.59. The van der Waals surface area contributed by atoms with Crippen molar-refractivity contribution in [2.75, 3.05) is 13.6 Å². The molecule has 0 aliphatic carbocycles. The van der Waals surface area contributed by atoms with E-state index in [1.165, 1.54) is 6.07 Å². The Kier molecular flexibility index (Phi) is 3.01. The first-order valence-electron chi connectivity index (χ1n) is 4.64. The zero-order valence-electron chi connectivity index (χ0n) is 8.83. The highest BCUT2D eigenvalue weighted by molar-refractivity contribution is 5.42. The summed E-state index contributed by atoms with van der Waals surface area (Å²) in [6.07, 6.45) is 0. The van der Waals surface area contributed by atoms with Gasteiger partial charge in [0.1, 0.15) is 0 Å². The van der Waals surface area contributed by atoms with Crippen molar-refractivity contribution in [3.63, 3.8) is 0 Å². The smallest absolute Gasteiger partial charge is 0.157 e. The maximum Gasteiger partial charge on any atom is 0.157 e. The molecule has 3 nitrogen and oxygen atoms in total. The number of hydrogen-bond acceptors (Lipinski definition) is 3. The first-order valence-corrected chi connectivity index (χ1v) is 4.64. The van der Waals surface area contributed by atoms with Crippen molar-refractivity contribution in [2.45, 2.75) is 19.3 Å². The minimum Gasteiger partial charge on any atom is -0.504 e. The van der Waals surface area contributed by atoms with Crippen LogP contribution in [-0.4, -0.2) is 23.8 Å². The van der Waals surface area contributed by atoms with Gasteiger partial charge in [0.2, 0.25) is 0 Å². The van der Waals surface area contributed by atoms with Crippen molar-refractivity contribution in [1.82, 2.24) is 5.32 Å². The molecule has 0 spiro atoms. The fraction of sp³-hybridized carbons (Fsp3) is 0.455. The molecule has 0 saturated heterocycles. The molecule has 1 rings (SSSR count). The van der Waals surface area contributed by atoms with Crippen LogP contribution in [0.2, 0.25) is 0 Å². The van der Waals surface area contributed by atoms with Gasteiger partial charge in [0.05, 0.1) is 0 Å². The maximum absolute atomic E-state index is 9.36. The normalized spacial score (nSPS) is 11.6. The summed E-state index contributed by atoms with van der Waals surface area (Å²) in [6.45, 7) is 4.97. The Labute approximate surface area is 84.4 Å². The largest absolute Gasteiger partial charge is 0.504 e. The minimum atomic E-state index is -0.0750. The van der Waals surface area contributed by atoms with Gasteiger partial charge in [0.15, 0.2) is 11.5 Å². The van der Waals surface area contributed by atoms with Gasteiger partial charge in [-0.25, -0.2) is 0 Å². The summed E-state index contributed by atoms with van der Waals surface area (Å²) < 4.78 is 0. The Morgan fingerprint density at radius 3 is 2.36 bits per heavy atom. The Bertz CT molecular complexity index is 321. The van der Waals surface area contributed by atoms with Crippen molar-refractivity contribution in [1.29, 1.82) is 0 Å².